The largest absolute Gasteiger partial charge is 0.369 e. The third kappa shape index (κ3) is 5.79. The van der Waals surface area contributed by atoms with E-state index in [-0.39, 0.29) is 36.7 Å². The number of benzene rings is 1. The molecule has 7 heteroatoms. The Balaban J connectivity index is 1.88. The van der Waals surface area contributed by atoms with E-state index >= 15 is 0 Å². The molecule has 1 aromatic carbocycles. The second-order valence-electron chi connectivity index (χ2n) is 7.58. The van der Waals surface area contributed by atoms with E-state index < -0.39 is 0 Å². The second kappa shape index (κ2) is 8.99. The van der Waals surface area contributed by atoms with Crippen molar-refractivity contribution in [2.45, 2.75) is 33.6 Å². The molecule has 0 aliphatic carbocycles. The van der Waals surface area contributed by atoms with E-state index in [0.29, 0.717) is 13.1 Å². The highest BCUT2D eigenvalue weighted by Gasteiger charge is 2.27. The molecule has 148 valence electrons. The summed E-state index contributed by atoms with van der Waals surface area (Å²) in [6.45, 7) is 7.20. The number of rotatable bonds is 6. The van der Waals surface area contributed by atoms with Gasteiger partial charge in [0.1, 0.15) is 0 Å². The molecule has 1 aliphatic rings. The molecule has 1 fully saturated rings. The Morgan fingerprint density at radius 1 is 1.19 bits per heavy atom. The minimum atomic E-state index is -0.357. The summed E-state index contributed by atoms with van der Waals surface area (Å²) in [4.78, 5) is 39.5. The zero-order valence-electron chi connectivity index (χ0n) is 16.7. The predicted molar refractivity (Wildman–Crippen MR) is 105 cm³/mol. The first-order chi connectivity index (χ1) is 12.7. The molecule has 1 atom stereocenters. The molecule has 7 nitrogen and oxygen atoms in total. The highest BCUT2D eigenvalue weighted by Crippen LogP contribution is 2.22. The SMILES string of the molecule is Cc1cc(C)c(NC(=O)CN(C)CC(=O)N2CCC[C@@H](C(N)=O)C2)c(C)c1. The number of nitrogens with two attached hydrogens (primary N) is 1. The maximum absolute atomic E-state index is 12.5. The fraction of sp³-hybridized carbons (Fsp3) is 0.550. The van der Waals surface area contributed by atoms with Gasteiger partial charge in [-0.25, -0.2) is 0 Å². The summed E-state index contributed by atoms with van der Waals surface area (Å²) in [6, 6.07) is 4.06. The van der Waals surface area contributed by atoms with Crippen molar-refractivity contribution < 1.29 is 14.4 Å². The van der Waals surface area contributed by atoms with Gasteiger partial charge in [0.2, 0.25) is 17.7 Å². The number of nitrogens with zero attached hydrogens (tertiary/aromatic N) is 2. The summed E-state index contributed by atoms with van der Waals surface area (Å²) >= 11 is 0. The number of carbonyl (C=O) groups excluding carboxylic acids is 3. The van der Waals surface area contributed by atoms with Crippen molar-refractivity contribution in [2.75, 3.05) is 38.5 Å². The van der Waals surface area contributed by atoms with Gasteiger partial charge in [0.05, 0.1) is 19.0 Å². The van der Waals surface area contributed by atoms with Crippen LogP contribution in [0.4, 0.5) is 5.69 Å². The number of aryl methyl sites for hydroxylation is 3. The fourth-order valence-corrected chi connectivity index (χ4v) is 3.62. The zero-order valence-corrected chi connectivity index (χ0v) is 16.7. The van der Waals surface area contributed by atoms with Crippen molar-refractivity contribution >= 4 is 23.4 Å². The number of primary amides is 1. The maximum Gasteiger partial charge on any atom is 0.238 e. The Hall–Kier alpha value is -2.41. The van der Waals surface area contributed by atoms with Crippen LogP contribution in [0.15, 0.2) is 12.1 Å². The number of piperidine rings is 1. The maximum atomic E-state index is 12.5. The van der Waals surface area contributed by atoms with Crippen LogP contribution in [-0.4, -0.2) is 60.7 Å². The molecule has 1 aromatic rings. The van der Waals surface area contributed by atoms with Gasteiger partial charge in [0, 0.05) is 18.8 Å². The van der Waals surface area contributed by atoms with Crippen molar-refractivity contribution in [2.24, 2.45) is 11.7 Å². The van der Waals surface area contributed by atoms with E-state index in [1.54, 1.807) is 16.8 Å². The van der Waals surface area contributed by atoms with E-state index in [4.69, 9.17) is 5.73 Å². The summed E-state index contributed by atoms with van der Waals surface area (Å²) in [5.74, 6) is -0.874. The molecule has 1 heterocycles. The van der Waals surface area contributed by atoms with E-state index in [1.807, 2.05) is 32.9 Å². The quantitative estimate of drug-likeness (QED) is 0.782. The van der Waals surface area contributed by atoms with Gasteiger partial charge in [-0.3, -0.25) is 19.3 Å². The number of hydrogen-bond donors (Lipinski definition) is 2. The van der Waals surface area contributed by atoms with Crippen LogP contribution >= 0.6 is 0 Å². The Kier molecular flexibility index (Phi) is 6.96. The molecule has 1 aliphatic heterocycles. The fourth-order valence-electron chi connectivity index (χ4n) is 3.62. The lowest BCUT2D eigenvalue weighted by molar-refractivity contribution is -0.135. The van der Waals surface area contributed by atoms with Crippen molar-refractivity contribution in [1.82, 2.24) is 9.80 Å². The van der Waals surface area contributed by atoms with Crippen LogP contribution in [0.1, 0.15) is 29.5 Å². The zero-order chi connectivity index (χ0) is 20.1. The van der Waals surface area contributed by atoms with E-state index in [1.165, 1.54) is 0 Å². The summed E-state index contributed by atoms with van der Waals surface area (Å²) in [5.41, 5.74) is 9.38. The standard InChI is InChI=1S/C20H30N4O3/c1-13-8-14(2)19(15(3)9-13)22-17(25)11-23(4)12-18(26)24-7-5-6-16(10-24)20(21)27/h8-9,16H,5-7,10-12H2,1-4H3,(H2,21,27)(H,22,25)/t16-/m1/s1. The smallest absolute Gasteiger partial charge is 0.238 e. The van der Waals surface area contributed by atoms with E-state index in [9.17, 15) is 14.4 Å². The van der Waals surface area contributed by atoms with Crippen LogP contribution in [0.3, 0.4) is 0 Å². The average molecular weight is 374 g/mol. The van der Waals surface area contributed by atoms with Gasteiger partial charge in [-0.2, -0.15) is 0 Å². The molecule has 0 saturated carbocycles. The molecular formula is C20H30N4O3. The van der Waals surface area contributed by atoms with Gasteiger partial charge in [0.15, 0.2) is 0 Å². The Bertz CT molecular complexity index is 709. The number of amides is 3. The number of hydrogen-bond acceptors (Lipinski definition) is 4. The molecule has 0 aromatic heterocycles. The van der Waals surface area contributed by atoms with Crippen molar-refractivity contribution in [3.8, 4) is 0 Å². The summed E-state index contributed by atoms with van der Waals surface area (Å²) in [7, 11) is 1.74. The average Bonchev–Trinajstić information content (AvgIpc) is 2.58. The lowest BCUT2D eigenvalue weighted by atomic mass is 9.97. The molecule has 3 N–H and O–H groups in total. The first-order valence-electron chi connectivity index (χ1n) is 9.30. The lowest BCUT2D eigenvalue weighted by Gasteiger charge is -2.32. The number of likely N-dealkylation sites (N-methyl/N-ethyl adjacent to an activating group) is 1. The Morgan fingerprint density at radius 2 is 1.81 bits per heavy atom. The highest BCUT2D eigenvalue weighted by atomic mass is 16.2. The number of anilines is 1. The van der Waals surface area contributed by atoms with Crippen molar-refractivity contribution in [3.63, 3.8) is 0 Å². The van der Waals surface area contributed by atoms with Crippen LogP contribution in [-0.2, 0) is 14.4 Å². The second-order valence-corrected chi connectivity index (χ2v) is 7.58. The molecule has 0 unspecified atom stereocenters. The van der Waals surface area contributed by atoms with Gasteiger partial charge in [0.25, 0.3) is 0 Å². The summed E-state index contributed by atoms with van der Waals surface area (Å²) in [5, 5.41) is 2.94. The molecule has 0 radical (unpaired) electrons. The van der Waals surface area contributed by atoms with Gasteiger partial charge in [-0.15, -0.1) is 0 Å². The first kappa shape index (κ1) is 20.9. The first-order valence-corrected chi connectivity index (χ1v) is 9.30. The van der Waals surface area contributed by atoms with Crippen LogP contribution < -0.4 is 11.1 Å². The molecule has 0 bridgehead atoms. The molecule has 27 heavy (non-hydrogen) atoms. The predicted octanol–water partition coefficient (Wildman–Crippen LogP) is 1.21. The third-order valence-corrected chi connectivity index (χ3v) is 4.94. The summed E-state index contributed by atoms with van der Waals surface area (Å²) < 4.78 is 0. The number of likely N-dealkylation sites (tertiary alicyclic amines) is 1. The van der Waals surface area contributed by atoms with Crippen LogP contribution in [0, 0.1) is 26.7 Å². The minimum absolute atomic E-state index is 0.0843. The van der Waals surface area contributed by atoms with Gasteiger partial charge in [-0.1, -0.05) is 17.7 Å². The molecule has 0 spiro atoms. The van der Waals surface area contributed by atoms with Gasteiger partial charge >= 0.3 is 0 Å². The lowest BCUT2D eigenvalue weighted by Crippen LogP contribution is -2.47. The molecule has 3 amide bonds. The topological polar surface area (TPSA) is 95.7 Å². The third-order valence-electron chi connectivity index (χ3n) is 4.94. The van der Waals surface area contributed by atoms with E-state index in [2.05, 4.69) is 5.32 Å². The van der Waals surface area contributed by atoms with Crippen molar-refractivity contribution in [1.29, 1.82) is 0 Å². The van der Waals surface area contributed by atoms with Crippen LogP contribution in [0.25, 0.3) is 0 Å². The summed E-state index contributed by atoms with van der Waals surface area (Å²) in [6.07, 6.45) is 1.50. The highest BCUT2D eigenvalue weighted by molar-refractivity contribution is 5.94. The Labute approximate surface area is 160 Å². The molecule has 1 saturated heterocycles. The monoisotopic (exact) mass is 374 g/mol. The van der Waals surface area contributed by atoms with Crippen molar-refractivity contribution in [3.05, 3.63) is 28.8 Å². The van der Waals surface area contributed by atoms with Crippen LogP contribution in [0.2, 0.25) is 0 Å². The minimum Gasteiger partial charge on any atom is -0.369 e. The molecule has 2 rings (SSSR count). The van der Waals surface area contributed by atoms with Gasteiger partial charge in [-0.05, 0) is 51.8 Å². The van der Waals surface area contributed by atoms with Crippen LogP contribution in [0.5, 0.6) is 0 Å². The number of carbonyl (C=O) groups is 3. The van der Waals surface area contributed by atoms with E-state index in [0.717, 1.165) is 35.2 Å². The molecular weight excluding hydrogens is 344 g/mol. The number of nitrogens with one attached hydrogen (secondary N) is 1. The normalized spacial score (nSPS) is 17.1. The van der Waals surface area contributed by atoms with Gasteiger partial charge < -0.3 is 16.0 Å². The Morgan fingerprint density at radius 3 is 2.41 bits per heavy atom.